The molecule has 0 bridgehead atoms. The first kappa shape index (κ1) is 11.5. The van der Waals surface area contributed by atoms with E-state index in [-0.39, 0.29) is 24.1 Å². The fourth-order valence-electron chi connectivity index (χ4n) is 1.63. The summed E-state index contributed by atoms with van der Waals surface area (Å²) in [6.07, 6.45) is 0.800. The van der Waals surface area contributed by atoms with Gasteiger partial charge >= 0.3 is 0 Å². The number of rotatable bonds is 2. The summed E-state index contributed by atoms with van der Waals surface area (Å²) in [4.78, 5) is 13.7. The molecule has 0 unspecified atom stereocenters. The fourth-order valence-corrected chi connectivity index (χ4v) is 1.63. The molecule has 82 valence electrons. The van der Waals surface area contributed by atoms with E-state index in [9.17, 15) is 4.79 Å². The molecule has 0 aliphatic carbocycles. The van der Waals surface area contributed by atoms with Gasteiger partial charge in [-0.1, -0.05) is 6.92 Å². The molecular weight excluding hydrogens is 180 g/mol. The molecule has 1 fully saturated rings. The number of ether oxygens (including phenoxy) is 1. The molecule has 4 heteroatoms. The standard InChI is InChI=1S/C10H20N2O2/c1-4-9(11)10(13)12-5-6-14-8(3)7(12)2/h7-9H,4-6,11H2,1-3H3/t7-,8-,9+/m1/s1. The average Bonchev–Trinajstić information content (AvgIpc) is 2.20. The Morgan fingerprint density at radius 2 is 2.29 bits per heavy atom. The van der Waals surface area contributed by atoms with E-state index in [4.69, 9.17) is 10.5 Å². The van der Waals surface area contributed by atoms with Crippen molar-refractivity contribution >= 4 is 5.91 Å². The lowest BCUT2D eigenvalue weighted by Crippen LogP contribution is -2.55. The lowest BCUT2D eigenvalue weighted by atomic mass is 10.1. The van der Waals surface area contributed by atoms with Crippen molar-refractivity contribution in [3.8, 4) is 0 Å². The Morgan fingerprint density at radius 3 is 2.86 bits per heavy atom. The van der Waals surface area contributed by atoms with Gasteiger partial charge in [0.25, 0.3) is 0 Å². The average molecular weight is 200 g/mol. The largest absolute Gasteiger partial charge is 0.375 e. The number of morpholine rings is 1. The van der Waals surface area contributed by atoms with E-state index >= 15 is 0 Å². The molecule has 1 aliphatic heterocycles. The molecule has 0 aromatic carbocycles. The summed E-state index contributed by atoms with van der Waals surface area (Å²) in [5.41, 5.74) is 5.72. The van der Waals surface area contributed by atoms with Crippen LogP contribution in [0.5, 0.6) is 0 Å². The summed E-state index contributed by atoms with van der Waals surface area (Å²) in [6, 6.07) is -0.225. The van der Waals surface area contributed by atoms with Crippen LogP contribution in [0.4, 0.5) is 0 Å². The van der Waals surface area contributed by atoms with E-state index < -0.39 is 0 Å². The fraction of sp³-hybridized carbons (Fsp3) is 0.900. The molecule has 0 aromatic heterocycles. The number of carbonyl (C=O) groups is 1. The topological polar surface area (TPSA) is 55.6 Å². The monoisotopic (exact) mass is 200 g/mol. The van der Waals surface area contributed by atoms with Gasteiger partial charge in [-0.15, -0.1) is 0 Å². The van der Waals surface area contributed by atoms with Gasteiger partial charge in [0.15, 0.2) is 0 Å². The van der Waals surface area contributed by atoms with Crippen molar-refractivity contribution in [2.45, 2.75) is 45.4 Å². The van der Waals surface area contributed by atoms with Crippen LogP contribution in [0.1, 0.15) is 27.2 Å². The highest BCUT2D eigenvalue weighted by Crippen LogP contribution is 2.14. The van der Waals surface area contributed by atoms with Crippen LogP contribution in [0.25, 0.3) is 0 Å². The third kappa shape index (κ3) is 2.25. The maximum absolute atomic E-state index is 11.8. The Bertz CT molecular complexity index is 208. The second-order valence-electron chi connectivity index (χ2n) is 3.86. The van der Waals surface area contributed by atoms with Gasteiger partial charge in [-0.25, -0.2) is 0 Å². The minimum atomic E-state index is -0.359. The highest BCUT2D eigenvalue weighted by Gasteiger charge is 2.30. The van der Waals surface area contributed by atoms with E-state index in [0.717, 1.165) is 0 Å². The summed E-state index contributed by atoms with van der Waals surface area (Å²) < 4.78 is 5.45. The molecule has 1 heterocycles. The van der Waals surface area contributed by atoms with E-state index in [1.54, 1.807) is 0 Å². The van der Waals surface area contributed by atoms with Crippen molar-refractivity contribution in [1.29, 1.82) is 0 Å². The summed E-state index contributed by atoms with van der Waals surface area (Å²) >= 11 is 0. The highest BCUT2D eigenvalue weighted by atomic mass is 16.5. The van der Waals surface area contributed by atoms with E-state index in [0.29, 0.717) is 19.6 Å². The smallest absolute Gasteiger partial charge is 0.239 e. The first-order chi connectivity index (χ1) is 6.57. The number of nitrogens with two attached hydrogens (primary N) is 1. The van der Waals surface area contributed by atoms with E-state index in [2.05, 4.69) is 0 Å². The normalized spacial score (nSPS) is 30.1. The molecule has 1 amide bonds. The van der Waals surface area contributed by atoms with E-state index in [1.807, 2.05) is 25.7 Å². The maximum atomic E-state index is 11.8. The van der Waals surface area contributed by atoms with Crippen molar-refractivity contribution in [2.75, 3.05) is 13.2 Å². The van der Waals surface area contributed by atoms with Crippen molar-refractivity contribution < 1.29 is 9.53 Å². The number of carbonyl (C=O) groups excluding carboxylic acids is 1. The van der Waals surface area contributed by atoms with Crippen LogP contribution >= 0.6 is 0 Å². The van der Waals surface area contributed by atoms with Crippen molar-refractivity contribution in [3.63, 3.8) is 0 Å². The summed E-state index contributed by atoms with van der Waals surface area (Å²) in [6.45, 7) is 7.20. The van der Waals surface area contributed by atoms with Crippen molar-refractivity contribution in [2.24, 2.45) is 5.73 Å². The Kier molecular flexibility index (Phi) is 3.89. The van der Waals surface area contributed by atoms with Gasteiger partial charge in [-0.05, 0) is 20.3 Å². The van der Waals surface area contributed by atoms with Crippen LogP contribution in [0, 0.1) is 0 Å². The van der Waals surface area contributed by atoms with Gasteiger partial charge in [-0.2, -0.15) is 0 Å². The third-order valence-corrected chi connectivity index (χ3v) is 2.92. The molecule has 0 aromatic rings. The zero-order valence-electron chi connectivity index (χ0n) is 9.19. The van der Waals surface area contributed by atoms with Crippen LogP contribution < -0.4 is 5.73 Å². The van der Waals surface area contributed by atoms with Gasteiger partial charge in [-0.3, -0.25) is 4.79 Å². The first-order valence-corrected chi connectivity index (χ1v) is 5.25. The molecule has 0 saturated carbocycles. The second kappa shape index (κ2) is 4.75. The van der Waals surface area contributed by atoms with Crippen molar-refractivity contribution in [1.82, 2.24) is 4.90 Å². The molecule has 1 saturated heterocycles. The number of nitrogens with zero attached hydrogens (tertiary/aromatic N) is 1. The quantitative estimate of drug-likeness (QED) is 0.700. The van der Waals surface area contributed by atoms with Gasteiger partial charge < -0.3 is 15.4 Å². The van der Waals surface area contributed by atoms with Crippen molar-refractivity contribution in [3.05, 3.63) is 0 Å². The highest BCUT2D eigenvalue weighted by molar-refractivity contribution is 5.82. The molecular formula is C10H20N2O2. The van der Waals surface area contributed by atoms with Crippen LogP contribution in [-0.4, -0.2) is 42.1 Å². The van der Waals surface area contributed by atoms with Crippen LogP contribution in [0.2, 0.25) is 0 Å². The molecule has 1 aliphatic rings. The van der Waals surface area contributed by atoms with Crippen LogP contribution in [-0.2, 0) is 9.53 Å². The zero-order chi connectivity index (χ0) is 10.7. The molecule has 0 spiro atoms. The molecule has 0 radical (unpaired) electrons. The Labute approximate surface area is 85.4 Å². The van der Waals surface area contributed by atoms with Crippen LogP contribution in [0.15, 0.2) is 0 Å². The lowest BCUT2D eigenvalue weighted by molar-refractivity contribution is -0.145. The molecule has 4 nitrogen and oxygen atoms in total. The predicted octanol–water partition coefficient (Wildman–Crippen LogP) is 0.360. The van der Waals surface area contributed by atoms with Crippen LogP contribution in [0.3, 0.4) is 0 Å². The summed E-state index contributed by atoms with van der Waals surface area (Å²) in [7, 11) is 0. The summed E-state index contributed by atoms with van der Waals surface area (Å²) in [5.74, 6) is 0.0511. The first-order valence-electron chi connectivity index (χ1n) is 5.25. The van der Waals surface area contributed by atoms with Gasteiger partial charge in [0, 0.05) is 6.54 Å². The predicted molar refractivity (Wildman–Crippen MR) is 54.9 cm³/mol. The molecule has 1 rings (SSSR count). The molecule has 2 N–H and O–H groups in total. The number of hydrogen-bond acceptors (Lipinski definition) is 3. The summed E-state index contributed by atoms with van der Waals surface area (Å²) in [5, 5.41) is 0. The minimum absolute atomic E-state index is 0.0511. The minimum Gasteiger partial charge on any atom is -0.375 e. The second-order valence-corrected chi connectivity index (χ2v) is 3.86. The molecule has 14 heavy (non-hydrogen) atoms. The number of amides is 1. The Balaban J connectivity index is 2.62. The third-order valence-electron chi connectivity index (χ3n) is 2.92. The Morgan fingerprint density at radius 1 is 1.64 bits per heavy atom. The SMILES string of the molecule is CC[C@H](N)C(=O)N1CCO[C@H](C)[C@H]1C. The lowest BCUT2D eigenvalue weighted by Gasteiger charge is -2.38. The van der Waals surface area contributed by atoms with Gasteiger partial charge in [0.05, 0.1) is 24.8 Å². The number of hydrogen-bond donors (Lipinski definition) is 1. The molecule has 3 atom stereocenters. The van der Waals surface area contributed by atoms with Gasteiger partial charge in [0.2, 0.25) is 5.91 Å². The van der Waals surface area contributed by atoms with Gasteiger partial charge in [0.1, 0.15) is 0 Å². The Hall–Kier alpha value is -0.610. The maximum Gasteiger partial charge on any atom is 0.239 e. The van der Waals surface area contributed by atoms with E-state index in [1.165, 1.54) is 0 Å². The zero-order valence-corrected chi connectivity index (χ0v) is 9.19.